The zero-order chi connectivity index (χ0) is 21.8. The van der Waals surface area contributed by atoms with Gasteiger partial charge in [0.05, 0.1) is 24.1 Å². The standard InChI is InChI=1S/C25H23N3O2S/c1-17-12-14-18(15-13-17)28-24(26-25(29)20-9-5-7-11-23(20)31-3)16-21(27-28)19-8-4-6-10-22(19)30-2/h4-16H,1-3H3,(H,26,29). The number of benzene rings is 3. The van der Waals surface area contributed by atoms with Crippen molar-refractivity contribution in [3.05, 3.63) is 90.0 Å². The van der Waals surface area contributed by atoms with Gasteiger partial charge in [0.15, 0.2) is 0 Å². The molecule has 0 aliphatic rings. The first-order valence-electron chi connectivity index (χ1n) is 9.85. The fourth-order valence-corrected chi connectivity index (χ4v) is 3.95. The average molecular weight is 430 g/mol. The molecule has 1 heterocycles. The molecule has 0 saturated heterocycles. The molecule has 0 bridgehead atoms. The summed E-state index contributed by atoms with van der Waals surface area (Å²) in [6, 6.07) is 25.2. The van der Waals surface area contributed by atoms with Gasteiger partial charge < -0.3 is 10.1 Å². The van der Waals surface area contributed by atoms with E-state index < -0.39 is 0 Å². The van der Waals surface area contributed by atoms with E-state index in [1.54, 1.807) is 23.6 Å². The lowest BCUT2D eigenvalue weighted by Gasteiger charge is -2.11. The molecule has 0 atom stereocenters. The average Bonchev–Trinajstić information content (AvgIpc) is 3.22. The third-order valence-electron chi connectivity index (χ3n) is 4.96. The van der Waals surface area contributed by atoms with Gasteiger partial charge in [0, 0.05) is 16.5 Å². The van der Waals surface area contributed by atoms with Gasteiger partial charge in [-0.3, -0.25) is 4.79 Å². The number of aryl methyl sites for hydroxylation is 1. The van der Waals surface area contributed by atoms with Crippen LogP contribution in [0.3, 0.4) is 0 Å². The van der Waals surface area contributed by atoms with Crippen molar-refractivity contribution >= 4 is 23.5 Å². The van der Waals surface area contributed by atoms with E-state index in [0.717, 1.165) is 27.5 Å². The molecule has 4 rings (SSSR count). The van der Waals surface area contributed by atoms with Gasteiger partial charge in [0.1, 0.15) is 11.6 Å². The van der Waals surface area contributed by atoms with Gasteiger partial charge in [-0.15, -0.1) is 11.8 Å². The molecule has 3 aromatic carbocycles. The third-order valence-corrected chi connectivity index (χ3v) is 5.76. The molecule has 6 heteroatoms. The molecule has 0 aliphatic heterocycles. The number of rotatable bonds is 6. The number of carbonyl (C=O) groups excluding carboxylic acids is 1. The van der Waals surface area contributed by atoms with Crippen LogP contribution in [0.4, 0.5) is 5.82 Å². The Hall–Kier alpha value is -3.51. The number of para-hydroxylation sites is 1. The predicted molar refractivity (Wildman–Crippen MR) is 126 cm³/mol. The Morgan fingerprint density at radius 2 is 1.71 bits per heavy atom. The molecule has 5 nitrogen and oxygen atoms in total. The molecule has 156 valence electrons. The van der Waals surface area contributed by atoms with Crippen molar-refractivity contribution in [1.82, 2.24) is 9.78 Å². The Kier molecular flexibility index (Phi) is 6.09. The number of nitrogens with one attached hydrogen (secondary N) is 1. The quantitative estimate of drug-likeness (QED) is 0.392. The maximum Gasteiger partial charge on any atom is 0.257 e. The highest BCUT2D eigenvalue weighted by molar-refractivity contribution is 7.98. The molecule has 31 heavy (non-hydrogen) atoms. The van der Waals surface area contributed by atoms with Crippen LogP contribution < -0.4 is 10.1 Å². The number of hydrogen-bond acceptors (Lipinski definition) is 4. The van der Waals surface area contributed by atoms with Crippen molar-refractivity contribution in [2.75, 3.05) is 18.7 Å². The topological polar surface area (TPSA) is 56.1 Å². The molecule has 1 N–H and O–H groups in total. The van der Waals surface area contributed by atoms with Crippen LogP contribution in [-0.2, 0) is 0 Å². The summed E-state index contributed by atoms with van der Waals surface area (Å²) in [4.78, 5) is 14.0. The fourth-order valence-electron chi connectivity index (χ4n) is 3.36. The summed E-state index contributed by atoms with van der Waals surface area (Å²) in [6.45, 7) is 2.04. The van der Waals surface area contributed by atoms with Crippen LogP contribution >= 0.6 is 11.8 Å². The summed E-state index contributed by atoms with van der Waals surface area (Å²) in [6.07, 6.45) is 1.96. The molecular weight excluding hydrogens is 406 g/mol. The summed E-state index contributed by atoms with van der Waals surface area (Å²) in [5.74, 6) is 1.14. The molecule has 0 fully saturated rings. The number of thioether (sulfide) groups is 1. The summed E-state index contributed by atoms with van der Waals surface area (Å²) in [5, 5.41) is 7.84. The number of amides is 1. The highest BCUT2D eigenvalue weighted by Crippen LogP contribution is 2.32. The number of hydrogen-bond donors (Lipinski definition) is 1. The van der Waals surface area contributed by atoms with E-state index >= 15 is 0 Å². The van der Waals surface area contributed by atoms with Crippen molar-refractivity contribution in [2.45, 2.75) is 11.8 Å². The number of anilines is 1. The first kappa shape index (κ1) is 20.8. The molecule has 0 unspecified atom stereocenters. The lowest BCUT2D eigenvalue weighted by atomic mass is 10.1. The molecule has 1 amide bonds. The molecular formula is C25H23N3O2S. The summed E-state index contributed by atoms with van der Waals surface area (Å²) >= 11 is 1.54. The fraction of sp³-hybridized carbons (Fsp3) is 0.120. The minimum Gasteiger partial charge on any atom is -0.496 e. The normalized spacial score (nSPS) is 10.7. The van der Waals surface area contributed by atoms with Crippen LogP contribution in [0, 0.1) is 6.92 Å². The molecule has 1 aromatic heterocycles. The third kappa shape index (κ3) is 4.34. The van der Waals surface area contributed by atoms with Gasteiger partial charge in [-0.2, -0.15) is 5.10 Å². The summed E-state index contributed by atoms with van der Waals surface area (Å²) in [5.41, 5.74) is 4.22. The highest BCUT2D eigenvalue weighted by atomic mass is 32.2. The lowest BCUT2D eigenvalue weighted by molar-refractivity contribution is 0.102. The second kappa shape index (κ2) is 9.10. The SMILES string of the molecule is COc1ccccc1-c1cc(NC(=O)c2ccccc2SC)n(-c2ccc(C)cc2)n1. The van der Waals surface area contributed by atoms with Crippen molar-refractivity contribution in [2.24, 2.45) is 0 Å². The van der Waals surface area contributed by atoms with Gasteiger partial charge in [-0.25, -0.2) is 4.68 Å². The molecule has 0 aliphatic carbocycles. The molecule has 4 aromatic rings. The Morgan fingerprint density at radius 3 is 2.45 bits per heavy atom. The maximum atomic E-state index is 13.1. The summed E-state index contributed by atoms with van der Waals surface area (Å²) < 4.78 is 7.26. The van der Waals surface area contributed by atoms with E-state index in [2.05, 4.69) is 5.32 Å². The lowest BCUT2D eigenvalue weighted by Crippen LogP contribution is -2.16. The van der Waals surface area contributed by atoms with Crippen LogP contribution in [-0.4, -0.2) is 29.1 Å². The molecule has 0 saturated carbocycles. The zero-order valence-corrected chi connectivity index (χ0v) is 18.4. The van der Waals surface area contributed by atoms with E-state index in [1.165, 1.54) is 0 Å². The maximum absolute atomic E-state index is 13.1. The van der Waals surface area contributed by atoms with Gasteiger partial charge in [0.2, 0.25) is 0 Å². The highest BCUT2D eigenvalue weighted by Gasteiger charge is 2.18. The first-order chi connectivity index (χ1) is 15.1. The van der Waals surface area contributed by atoms with Crippen LogP contribution in [0.15, 0.2) is 83.8 Å². The van der Waals surface area contributed by atoms with Crippen LogP contribution in [0.1, 0.15) is 15.9 Å². The zero-order valence-electron chi connectivity index (χ0n) is 17.6. The largest absolute Gasteiger partial charge is 0.496 e. The van der Waals surface area contributed by atoms with E-state index in [1.807, 2.05) is 92.0 Å². The van der Waals surface area contributed by atoms with Gasteiger partial charge in [-0.05, 0) is 49.6 Å². The van der Waals surface area contributed by atoms with Gasteiger partial charge in [0.25, 0.3) is 5.91 Å². The van der Waals surface area contributed by atoms with Gasteiger partial charge >= 0.3 is 0 Å². The van der Waals surface area contributed by atoms with Crippen LogP contribution in [0.2, 0.25) is 0 Å². The Bertz CT molecular complexity index is 1220. The number of methoxy groups -OCH3 is 1. The smallest absolute Gasteiger partial charge is 0.257 e. The van der Waals surface area contributed by atoms with Crippen LogP contribution in [0.5, 0.6) is 5.75 Å². The van der Waals surface area contributed by atoms with E-state index in [-0.39, 0.29) is 5.91 Å². The molecule has 0 radical (unpaired) electrons. The van der Waals surface area contributed by atoms with Crippen molar-refractivity contribution < 1.29 is 9.53 Å². The summed E-state index contributed by atoms with van der Waals surface area (Å²) in [7, 11) is 1.64. The Balaban J connectivity index is 1.79. The number of carbonyl (C=O) groups is 1. The minimum absolute atomic E-state index is 0.176. The van der Waals surface area contributed by atoms with E-state index in [0.29, 0.717) is 17.1 Å². The number of nitrogens with zero attached hydrogens (tertiary/aromatic N) is 2. The minimum atomic E-state index is -0.176. The molecule has 0 spiro atoms. The monoisotopic (exact) mass is 429 g/mol. The van der Waals surface area contributed by atoms with E-state index in [4.69, 9.17) is 9.84 Å². The van der Waals surface area contributed by atoms with Crippen molar-refractivity contribution in [3.8, 4) is 22.7 Å². The van der Waals surface area contributed by atoms with E-state index in [9.17, 15) is 4.79 Å². The van der Waals surface area contributed by atoms with Gasteiger partial charge in [-0.1, -0.05) is 42.0 Å². The van der Waals surface area contributed by atoms with Crippen molar-refractivity contribution in [3.63, 3.8) is 0 Å². The number of ether oxygens (including phenoxy) is 1. The first-order valence-corrected chi connectivity index (χ1v) is 11.1. The van der Waals surface area contributed by atoms with Crippen molar-refractivity contribution in [1.29, 1.82) is 0 Å². The van der Waals surface area contributed by atoms with Crippen LogP contribution in [0.25, 0.3) is 16.9 Å². The Labute approximate surface area is 186 Å². The Morgan fingerprint density at radius 1 is 1.00 bits per heavy atom. The second-order valence-electron chi connectivity index (χ2n) is 7.02. The number of aromatic nitrogens is 2. The second-order valence-corrected chi connectivity index (χ2v) is 7.86. The predicted octanol–water partition coefficient (Wildman–Crippen LogP) is 5.83.